The Balaban J connectivity index is 2.66. The first-order valence-electron chi connectivity index (χ1n) is 5.91. The van der Waals surface area contributed by atoms with Gasteiger partial charge in [0.1, 0.15) is 0 Å². The van der Waals surface area contributed by atoms with Crippen LogP contribution in [0.25, 0.3) is 0 Å². The molecule has 0 aliphatic heterocycles. The van der Waals surface area contributed by atoms with E-state index in [0.29, 0.717) is 5.69 Å². The average Bonchev–Trinajstić information content (AvgIpc) is 2.44. The van der Waals surface area contributed by atoms with E-state index in [4.69, 9.17) is 0 Å². The Hall–Kier alpha value is -1.97. The van der Waals surface area contributed by atoms with Crippen molar-refractivity contribution in [2.75, 3.05) is 33.1 Å². The standard InChI is InChI=1S/C12H17N3O5S/c1-15(2)21(18,19)13-8-11(16)14-10-6-4-5-9(7-10)12(17)20-3/h4-7,13H,8H2,1-3H3,(H,14,16). The van der Waals surface area contributed by atoms with Crippen LogP contribution in [0, 0.1) is 0 Å². The van der Waals surface area contributed by atoms with Crippen LogP contribution in [0.2, 0.25) is 0 Å². The summed E-state index contributed by atoms with van der Waals surface area (Å²) >= 11 is 0. The fourth-order valence-corrected chi connectivity index (χ4v) is 1.90. The third kappa shape index (κ3) is 5.14. The van der Waals surface area contributed by atoms with Crippen LogP contribution in [0.15, 0.2) is 24.3 Å². The number of nitrogens with zero attached hydrogens (tertiary/aromatic N) is 1. The van der Waals surface area contributed by atoms with Crippen molar-refractivity contribution in [3.8, 4) is 0 Å². The third-order valence-electron chi connectivity index (χ3n) is 2.46. The summed E-state index contributed by atoms with van der Waals surface area (Å²) in [6.45, 7) is -0.414. The lowest BCUT2D eigenvalue weighted by atomic mass is 10.2. The molecule has 0 aromatic heterocycles. The second-order valence-electron chi connectivity index (χ2n) is 4.23. The van der Waals surface area contributed by atoms with Crippen LogP contribution in [0.4, 0.5) is 5.69 Å². The van der Waals surface area contributed by atoms with E-state index in [1.807, 2.05) is 0 Å². The van der Waals surface area contributed by atoms with Gasteiger partial charge in [-0.3, -0.25) is 4.79 Å². The van der Waals surface area contributed by atoms with E-state index >= 15 is 0 Å². The number of hydrogen-bond donors (Lipinski definition) is 2. The number of rotatable bonds is 6. The Bertz CT molecular complexity index is 628. The van der Waals surface area contributed by atoms with Crippen LogP contribution in [-0.4, -0.2) is 52.3 Å². The highest BCUT2D eigenvalue weighted by molar-refractivity contribution is 7.87. The summed E-state index contributed by atoms with van der Waals surface area (Å²) in [4.78, 5) is 23.0. The second-order valence-corrected chi connectivity index (χ2v) is 6.20. The predicted octanol–water partition coefficient (Wildman–Crippen LogP) is -0.192. The first-order chi connectivity index (χ1) is 9.76. The summed E-state index contributed by atoms with van der Waals surface area (Å²) in [6.07, 6.45) is 0. The molecule has 0 radical (unpaired) electrons. The van der Waals surface area contributed by atoms with Crippen LogP contribution >= 0.6 is 0 Å². The molecule has 0 atom stereocenters. The Labute approximate surface area is 123 Å². The van der Waals surface area contributed by atoms with Gasteiger partial charge in [0.05, 0.1) is 19.2 Å². The van der Waals surface area contributed by atoms with Crippen LogP contribution < -0.4 is 10.0 Å². The van der Waals surface area contributed by atoms with E-state index in [2.05, 4.69) is 14.8 Å². The van der Waals surface area contributed by atoms with E-state index in [0.717, 1.165) is 4.31 Å². The Morgan fingerprint density at radius 1 is 1.29 bits per heavy atom. The normalized spacial score (nSPS) is 11.2. The number of carbonyl (C=O) groups is 2. The minimum Gasteiger partial charge on any atom is -0.465 e. The van der Waals surface area contributed by atoms with Gasteiger partial charge in [-0.15, -0.1) is 0 Å². The fourth-order valence-electron chi connectivity index (χ4n) is 1.33. The summed E-state index contributed by atoms with van der Waals surface area (Å²) in [7, 11) is 0.285. The Morgan fingerprint density at radius 2 is 1.95 bits per heavy atom. The molecule has 1 aromatic rings. The van der Waals surface area contributed by atoms with Gasteiger partial charge in [0.15, 0.2) is 0 Å². The Morgan fingerprint density at radius 3 is 2.52 bits per heavy atom. The number of amides is 1. The molecule has 0 aliphatic rings. The minimum atomic E-state index is -3.66. The van der Waals surface area contributed by atoms with E-state index in [-0.39, 0.29) is 5.56 Å². The fraction of sp³-hybridized carbons (Fsp3) is 0.333. The number of methoxy groups -OCH3 is 1. The number of carbonyl (C=O) groups excluding carboxylic acids is 2. The predicted molar refractivity (Wildman–Crippen MR) is 77.0 cm³/mol. The van der Waals surface area contributed by atoms with Gasteiger partial charge in [0.25, 0.3) is 10.2 Å². The zero-order valence-corrected chi connectivity index (χ0v) is 12.7. The zero-order chi connectivity index (χ0) is 16.0. The smallest absolute Gasteiger partial charge is 0.337 e. The molecule has 1 amide bonds. The molecule has 0 unspecified atom stereocenters. The second kappa shape index (κ2) is 7.16. The van der Waals surface area contributed by atoms with E-state index in [1.54, 1.807) is 12.1 Å². The first-order valence-corrected chi connectivity index (χ1v) is 7.35. The largest absolute Gasteiger partial charge is 0.465 e. The molecular formula is C12H17N3O5S. The average molecular weight is 315 g/mol. The monoisotopic (exact) mass is 315 g/mol. The highest BCUT2D eigenvalue weighted by atomic mass is 32.2. The number of hydrogen-bond acceptors (Lipinski definition) is 5. The maximum atomic E-state index is 11.7. The Kier molecular flexibility index (Phi) is 5.82. The number of anilines is 1. The van der Waals surface area contributed by atoms with Gasteiger partial charge in [-0.25, -0.2) is 4.79 Å². The van der Waals surface area contributed by atoms with Crippen molar-refractivity contribution in [1.29, 1.82) is 0 Å². The summed E-state index contributed by atoms with van der Waals surface area (Å²) in [5.74, 6) is -1.08. The molecule has 0 heterocycles. The quantitative estimate of drug-likeness (QED) is 0.708. The molecular weight excluding hydrogens is 298 g/mol. The molecule has 0 saturated heterocycles. The molecule has 1 rings (SSSR count). The van der Waals surface area contributed by atoms with Crippen molar-refractivity contribution in [2.24, 2.45) is 0 Å². The van der Waals surface area contributed by atoms with E-state index in [1.165, 1.54) is 33.3 Å². The van der Waals surface area contributed by atoms with Gasteiger partial charge in [0.2, 0.25) is 5.91 Å². The summed E-state index contributed by atoms with van der Waals surface area (Å²) in [5.41, 5.74) is 0.649. The minimum absolute atomic E-state index is 0.282. The summed E-state index contributed by atoms with van der Waals surface area (Å²) in [6, 6.07) is 6.12. The van der Waals surface area contributed by atoms with Gasteiger partial charge in [-0.1, -0.05) is 6.07 Å². The molecule has 0 spiro atoms. The van der Waals surface area contributed by atoms with Gasteiger partial charge in [-0.05, 0) is 18.2 Å². The highest BCUT2D eigenvalue weighted by Gasteiger charge is 2.15. The molecule has 21 heavy (non-hydrogen) atoms. The summed E-state index contributed by atoms with van der Waals surface area (Å²) < 4.78 is 30.5. The van der Waals surface area contributed by atoms with Gasteiger partial charge >= 0.3 is 5.97 Å². The van der Waals surface area contributed by atoms with E-state index < -0.39 is 28.6 Å². The highest BCUT2D eigenvalue weighted by Crippen LogP contribution is 2.11. The van der Waals surface area contributed by atoms with Crippen molar-refractivity contribution < 1.29 is 22.7 Å². The number of ether oxygens (including phenoxy) is 1. The molecule has 0 aliphatic carbocycles. The molecule has 8 nitrogen and oxygen atoms in total. The van der Waals surface area contributed by atoms with Crippen molar-refractivity contribution in [1.82, 2.24) is 9.03 Å². The molecule has 9 heteroatoms. The van der Waals surface area contributed by atoms with Gasteiger partial charge in [-0.2, -0.15) is 17.4 Å². The third-order valence-corrected chi connectivity index (χ3v) is 3.93. The van der Waals surface area contributed by atoms with Crippen LogP contribution in [-0.2, 0) is 19.7 Å². The number of nitrogens with one attached hydrogen (secondary N) is 2. The van der Waals surface area contributed by atoms with Crippen molar-refractivity contribution in [3.63, 3.8) is 0 Å². The van der Waals surface area contributed by atoms with Crippen molar-refractivity contribution in [2.45, 2.75) is 0 Å². The molecule has 1 aromatic carbocycles. The maximum absolute atomic E-state index is 11.7. The van der Waals surface area contributed by atoms with Crippen molar-refractivity contribution in [3.05, 3.63) is 29.8 Å². The molecule has 0 bridgehead atoms. The van der Waals surface area contributed by atoms with Crippen LogP contribution in [0.3, 0.4) is 0 Å². The lowest BCUT2D eigenvalue weighted by Crippen LogP contribution is -2.40. The van der Waals surface area contributed by atoms with Gasteiger partial charge < -0.3 is 10.1 Å². The zero-order valence-electron chi connectivity index (χ0n) is 11.9. The molecule has 0 saturated carbocycles. The summed E-state index contributed by atoms with van der Waals surface area (Å²) in [5, 5.41) is 2.48. The molecule has 2 N–H and O–H groups in total. The lowest BCUT2D eigenvalue weighted by molar-refractivity contribution is -0.115. The number of benzene rings is 1. The first kappa shape index (κ1) is 17.1. The lowest BCUT2D eigenvalue weighted by Gasteiger charge is -2.12. The van der Waals surface area contributed by atoms with Crippen LogP contribution in [0.1, 0.15) is 10.4 Å². The van der Waals surface area contributed by atoms with Crippen molar-refractivity contribution >= 4 is 27.8 Å². The number of esters is 1. The molecule has 116 valence electrons. The van der Waals surface area contributed by atoms with Crippen LogP contribution in [0.5, 0.6) is 0 Å². The molecule has 0 fully saturated rings. The van der Waals surface area contributed by atoms with E-state index in [9.17, 15) is 18.0 Å². The SMILES string of the molecule is COC(=O)c1cccc(NC(=O)CNS(=O)(=O)N(C)C)c1. The maximum Gasteiger partial charge on any atom is 0.337 e. The van der Waals surface area contributed by atoms with Gasteiger partial charge in [0, 0.05) is 19.8 Å². The topological polar surface area (TPSA) is 105 Å².